The Hall–Kier alpha value is -3.60. The van der Waals surface area contributed by atoms with Crippen molar-refractivity contribution >= 4 is 39.2 Å². The lowest BCUT2D eigenvalue weighted by molar-refractivity contribution is 0.0992. The number of hydrogen-bond donors (Lipinski definition) is 2. The fraction of sp³-hybridized carbons (Fsp3) is 0.0476. The Morgan fingerprint density at radius 1 is 0.923 bits per heavy atom. The van der Waals surface area contributed by atoms with Crippen molar-refractivity contribution in [1.82, 2.24) is 0 Å². The molecule has 0 fully saturated rings. The zero-order valence-electron chi connectivity index (χ0n) is 14.1. The van der Waals surface area contributed by atoms with Crippen LogP contribution >= 0.6 is 0 Å². The summed E-state index contributed by atoms with van der Waals surface area (Å²) < 4.78 is 5.92. The lowest BCUT2D eigenvalue weighted by atomic mass is 10.1. The summed E-state index contributed by atoms with van der Waals surface area (Å²) in [5.41, 5.74) is 7.66. The Bertz CT molecular complexity index is 1160. The molecule has 0 saturated carbocycles. The Balaban J connectivity index is 1.71. The molecule has 5 heteroatoms. The van der Waals surface area contributed by atoms with E-state index in [1.54, 1.807) is 24.3 Å². The minimum atomic E-state index is -0.511. The largest absolute Gasteiger partial charge is 0.450 e. The summed E-state index contributed by atoms with van der Waals surface area (Å²) in [7, 11) is 0. The summed E-state index contributed by atoms with van der Waals surface area (Å²) in [5.74, 6) is -0.576. The molecular formula is C21H16N2O3. The van der Waals surface area contributed by atoms with Crippen LogP contribution in [0.25, 0.3) is 21.7 Å². The minimum Gasteiger partial charge on any atom is -0.450 e. The zero-order chi connectivity index (χ0) is 18.3. The first-order valence-corrected chi connectivity index (χ1v) is 8.16. The first-order valence-electron chi connectivity index (χ1n) is 8.16. The van der Waals surface area contributed by atoms with Gasteiger partial charge in [0.2, 0.25) is 5.91 Å². The predicted molar refractivity (Wildman–Crippen MR) is 101 cm³/mol. The van der Waals surface area contributed by atoms with Crippen molar-refractivity contribution in [3.63, 3.8) is 0 Å². The molecule has 0 unspecified atom stereocenters. The third-order valence-electron chi connectivity index (χ3n) is 4.46. The fourth-order valence-corrected chi connectivity index (χ4v) is 3.07. The molecule has 26 heavy (non-hydrogen) atoms. The normalized spacial score (nSPS) is 11.0. The molecule has 5 nitrogen and oxygen atoms in total. The molecule has 3 aromatic carbocycles. The number of fused-ring (bicyclic) bond motifs is 3. The molecule has 4 aromatic rings. The number of benzene rings is 3. The van der Waals surface area contributed by atoms with E-state index in [9.17, 15) is 9.59 Å². The van der Waals surface area contributed by atoms with Crippen molar-refractivity contribution in [2.75, 3.05) is 5.32 Å². The number of hydrogen-bond acceptors (Lipinski definition) is 3. The number of aryl methyl sites for hydroxylation is 1. The Morgan fingerprint density at radius 3 is 2.38 bits per heavy atom. The minimum absolute atomic E-state index is 0.273. The van der Waals surface area contributed by atoms with Gasteiger partial charge < -0.3 is 15.5 Å². The highest BCUT2D eigenvalue weighted by Crippen LogP contribution is 2.32. The van der Waals surface area contributed by atoms with Crippen LogP contribution in [-0.2, 0) is 0 Å². The van der Waals surface area contributed by atoms with Gasteiger partial charge in [-0.2, -0.15) is 0 Å². The molecule has 1 aromatic heterocycles. The monoisotopic (exact) mass is 344 g/mol. The third-order valence-corrected chi connectivity index (χ3v) is 4.46. The van der Waals surface area contributed by atoms with Crippen LogP contribution in [0, 0.1) is 6.92 Å². The number of rotatable bonds is 3. The summed E-state index contributed by atoms with van der Waals surface area (Å²) in [4.78, 5) is 23.8. The highest BCUT2D eigenvalue weighted by molar-refractivity contribution is 6.11. The molecule has 0 aliphatic heterocycles. The third kappa shape index (κ3) is 2.59. The van der Waals surface area contributed by atoms with Gasteiger partial charge in [-0.1, -0.05) is 36.4 Å². The highest BCUT2D eigenvalue weighted by atomic mass is 16.3. The topological polar surface area (TPSA) is 85.3 Å². The maximum absolute atomic E-state index is 12.7. The smallest absolute Gasteiger partial charge is 0.291 e. The number of nitrogens with two attached hydrogens (primary N) is 1. The van der Waals surface area contributed by atoms with Crippen molar-refractivity contribution in [2.24, 2.45) is 5.73 Å². The second kappa shape index (κ2) is 6.04. The summed E-state index contributed by atoms with van der Waals surface area (Å²) in [6.45, 7) is 1.87. The maximum atomic E-state index is 12.7. The molecule has 2 amide bonds. The molecule has 0 bridgehead atoms. The van der Waals surface area contributed by atoms with Crippen molar-refractivity contribution in [1.29, 1.82) is 0 Å². The van der Waals surface area contributed by atoms with Crippen LogP contribution in [0.2, 0.25) is 0 Å². The summed E-state index contributed by atoms with van der Waals surface area (Å²) >= 11 is 0. The van der Waals surface area contributed by atoms with E-state index in [4.69, 9.17) is 10.2 Å². The number of anilines is 1. The van der Waals surface area contributed by atoms with E-state index in [1.165, 1.54) is 0 Å². The predicted octanol–water partition coefficient (Wildman–Crippen LogP) is 4.25. The summed E-state index contributed by atoms with van der Waals surface area (Å²) in [6.07, 6.45) is 0. The van der Waals surface area contributed by atoms with E-state index in [1.807, 2.05) is 43.3 Å². The van der Waals surface area contributed by atoms with Crippen molar-refractivity contribution in [2.45, 2.75) is 6.92 Å². The number of carbonyl (C=O) groups excluding carboxylic acids is 2. The second-order valence-electron chi connectivity index (χ2n) is 6.12. The summed E-state index contributed by atoms with van der Waals surface area (Å²) in [5, 5.41) is 5.73. The molecule has 1 heterocycles. The second-order valence-corrected chi connectivity index (χ2v) is 6.12. The van der Waals surface area contributed by atoms with Gasteiger partial charge in [-0.25, -0.2) is 0 Å². The molecule has 3 N–H and O–H groups in total. The van der Waals surface area contributed by atoms with Crippen molar-refractivity contribution in [3.05, 3.63) is 77.6 Å². The van der Waals surface area contributed by atoms with Crippen LogP contribution in [0.1, 0.15) is 26.5 Å². The van der Waals surface area contributed by atoms with Gasteiger partial charge in [0.1, 0.15) is 5.58 Å². The van der Waals surface area contributed by atoms with Gasteiger partial charge >= 0.3 is 0 Å². The van der Waals surface area contributed by atoms with Crippen LogP contribution in [0.3, 0.4) is 0 Å². The number of primary amides is 1. The quantitative estimate of drug-likeness (QED) is 0.583. The lowest BCUT2D eigenvalue weighted by Crippen LogP contribution is -2.13. The first-order chi connectivity index (χ1) is 12.5. The Kier molecular flexibility index (Phi) is 3.69. The molecule has 0 aliphatic carbocycles. The van der Waals surface area contributed by atoms with Crippen molar-refractivity contribution < 1.29 is 14.0 Å². The molecule has 0 saturated heterocycles. The number of carbonyl (C=O) groups is 2. The maximum Gasteiger partial charge on any atom is 0.291 e. The van der Waals surface area contributed by atoms with Gasteiger partial charge in [0.15, 0.2) is 5.76 Å². The van der Waals surface area contributed by atoms with Gasteiger partial charge in [0, 0.05) is 27.6 Å². The van der Waals surface area contributed by atoms with Crippen LogP contribution in [0.15, 0.2) is 65.1 Å². The van der Waals surface area contributed by atoms with Crippen LogP contribution in [0.5, 0.6) is 0 Å². The highest BCUT2D eigenvalue weighted by Gasteiger charge is 2.19. The molecule has 128 valence electrons. The first kappa shape index (κ1) is 15.9. The number of amides is 2. The standard InChI is InChI=1S/C21H16N2O3/c1-12-16-11-8-13-4-2-3-5-17(13)19(16)26-18(12)21(25)23-15-9-6-14(7-10-15)20(22)24/h2-11H,1H3,(H2,22,24)(H,23,25). The van der Waals surface area contributed by atoms with Gasteiger partial charge in [-0.05, 0) is 36.6 Å². The van der Waals surface area contributed by atoms with Crippen LogP contribution < -0.4 is 11.1 Å². The van der Waals surface area contributed by atoms with E-state index in [0.717, 1.165) is 21.7 Å². The van der Waals surface area contributed by atoms with E-state index >= 15 is 0 Å². The molecule has 0 aliphatic rings. The van der Waals surface area contributed by atoms with Gasteiger partial charge in [0.25, 0.3) is 5.91 Å². The molecular weight excluding hydrogens is 328 g/mol. The Labute approximate surface area is 149 Å². The zero-order valence-corrected chi connectivity index (χ0v) is 14.1. The van der Waals surface area contributed by atoms with E-state index in [0.29, 0.717) is 16.8 Å². The molecule has 4 rings (SSSR count). The molecule has 0 atom stereocenters. The van der Waals surface area contributed by atoms with Crippen LogP contribution in [0.4, 0.5) is 5.69 Å². The van der Waals surface area contributed by atoms with Gasteiger partial charge in [-0.15, -0.1) is 0 Å². The van der Waals surface area contributed by atoms with Crippen molar-refractivity contribution in [3.8, 4) is 0 Å². The van der Waals surface area contributed by atoms with E-state index < -0.39 is 5.91 Å². The van der Waals surface area contributed by atoms with E-state index in [2.05, 4.69) is 5.32 Å². The average Bonchev–Trinajstić information content (AvgIpc) is 2.99. The fourth-order valence-electron chi connectivity index (χ4n) is 3.07. The SMILES string of the molecule is Cc1c(C(=O)Nc2ccc(C(N)=O)cc2)oc2c1ccc1ccccc12. The Morgan fingerprint density at radius 2 is 1.65 bits per heavy atom. The van der Waals surface area contributed by atoms with Gasteiger partial charge in [0.05, 0.1) is 0 Å². The number of furan rings is 1. The van der Waals surface area contributed by atoms with Crippen LogP contribution in [-0.4, -0.2) is 11.8 Å². The molecule has 0 radical (unpaired) electrons. The lowest BCUT2D eigenvalue weighted by Gasteiger charge is -2.04. The average molecular weight is 344 g/mol. The van der Waals surface area contributed by atoms with E-state index in [-0.39, 0.29) is 11.7 Å². The number of nitrogens with one attached hydrogen (secondary N) is 1. The van der Waals surface area contributed by atoms with Gasteiger partial charge in [-0.3, -0.25) is 9.59 Å². The molecule has 0 spiro atoms. The summed E-state index contributed by atoms with van der Waals surface area (Å²) in [6, 6.07) is 18.3.